The first-order valence-electron chi connectivity index (χ1n) is 12.6. The van der Waals surface area contributed by atoms with Crippen LogP contribution in [-0.2, 0) is 9.22 Å². The van der Waals surface area contributed by atoms with E-state index < -0.39 is 13.9 Å². The molecule has 0 aliphatic heterocycles. The van der Waals surface area contributed by atoms with Gasteiger partial charge in [-0.25, -0.2) is 0 Å². The van der Waals surface area contributed by atoms with Crippen molar-refractivity contribution in [1.82, 2.24) is 0 Å². The molecule has 30 heavy (non-hydrogen) atoms. The van der Waals surface area contributed by atoms with Crippen LogP contribution in [0.2, 0.25) is 18.1 Å². The molecular formula is C26H46O3Si. The molecule has 0 spiro atoms. The molecule has 0 amide bonds. The minimum absolute atomic E-state index is 0.0442. The lowest BCUT2D eigenvalue weighted by molar-refractivity contribution is -0.208. The first-order valence-corrected chi connectivity index (χ1v) is 15.5. The Kier molecular flexibility index (Phi) is 5.48. The van der Waals surface area contributed by atoms with Crippen LogP contribution < -0.4 is 0 Å². The first kappa shape index (κ1) is 23.0. The normalized spacial score (nSPS) is 49.1. The summed E-state index contributed by atoms with van der Waals surface area (Å²) < 4.78 is 6.86. The van der Waals surface area contributed by atoms with Gasteiger partial charge in [-0.2, -0.15) is 0 Å². The summed E-state index contributed by atoms with van der Waals surface area (Å²) in [5.74, 6) is 1.75. The molecule has 0 heterocycles. The summed E-state index contributed by atoms with van der Waals surface area (Å²) in [6.45, 7) is 16.5. The van der Waals surface area contributed by atoms with Crippen molar-refractivity contribution >= 4 is 14.6 Å². The molecule has 0 aromatic carbocycles. The van der Waals surface area contributed by atoms with Crippen molar-refractivity contribution in [2.24, 2.45) is 34.5 Å². The van der Waals surface area contributed by atoms with Gasteiger partial charge in [-0.3, -0.25) is 0 Å². The number of carbonyl (C=O) groups is 1. The molecule has 0 aromatic rings. The van der Waals surface area contributed by atoms with E-state index in [1.165, 1.54) is 32.1 Å². The molecule has 0 bridgehead atoms. The smallest absolute Gasteiger partial charge is 0.192 e. The molecule has 1 N–H and O–H groups in total. The van der Waals surface area contributed by atoms with Crippen molar-refractivity contribution < 1.29 is 14.3 Å². The highest BCUT2D eigenvalue weighted by molar-refractivity contribution is 6.74. The van der Waals surface area contributed by atoms with Crippen molar-refractivity contribution in [1.29, 1.82) is 0 Å². The van der Waals surface area contributed by atoms with Gasteiger partial charge in [0, 0.05) is 17.4 Å². The van der Waals surface area contributed by atoms with Crippen molar-refractivity contribution in [2.75, 3.05) is 0 Å². The number of hydrogen-bond acceptors (Lipinski definition) is 3. The highest BCUT2D eigenvalue weighted by Crippen LogP contribution is 2.68. The van der Waals surface area contributed by atoms with Gasteiger partial charge in [-0.15, -0.1) is 0 Å². The highest BCUT2D eigenvalue weighted by Gasteiger charge is 2.67. The van der Waals surface area contributed by atoms with Gasteiger partial charge in [-0.1, -0.05) is 34.6 Å². The number of aldehydes is 1. The summed E-state index contributed by atoms with van der Waals surface area (Å²) in [6.07, 6.45) is 11.5. The fourth-order valence-electron chi connectivity index (χ4n) is 8.15. The molecule has 4 heteroatoms. The molecule has 4 saturated carbocycles. The van der Waals surface area contributed by atoms with Crippen LogP contribution in [0.15, 0.2) is 0 Å². The molecule has 4 aliphatic carbocycles. The Bertz CT molecular complexity index is 684. The largest absolute Gasteiger partial charge is 0.414 e. The molecule has 4 rings (SSSR count). The van der Waals surface area contributed by atoms with Crippen molar-refractivity contribution in [3.63, 3.8) is 0 Å². The van der Waals surface area contributed by atoms with Crippen LogP contribution >= 0.6 is 0 Å². The van der Waals surface area contributed by atoms with Gasteiger partial charge >= 0.3 is 0 Å². The van der Waals surface area contributed by atoms with E-state index in [0.717, 1.165) is 37.9 Å². The standard InChI is InChI=1S/C26H46O3Si/c1-23(2,3)30(6,7)29-20-11-13-24(4)18(16-20)8-9-22-21(24)12-14-25(5)19(17-27)10-15-26(22,25)28/h17-22,28H,8-16H2,1-7H3/t18-,19-,20+,21+,22-,24+,25-,26+/m1/s1. The maximum absolute atomic E-state index is 12.0. The maximum atomic E-state index is 12.0. The van der Waals surface area contributed by atoms with Gasteiger partial charge in [-0.05, 0) is 99.1 Å². The number of hydrogen-bond donors (Lipinski definition) is 1. The predicted octanol–water partition coefficient (Wildman–Crippen LogP) is 6.35. The Morgan fingerprint density at radius 2 is 1.67 bits per heavy atom. The van der Waals surface area contributed by atoms with Crippen LogP contribution in [0.5, 0.6) is 0 Å². The van der Waals surface area contributed by atoms with E-state index in [4.69, 9.17) is 4.43 Å². The monoisotopic (exact) mass is 434 g/mol. The van der Waals surface area contributed by atoms with Crippen molar-refractivity contribution in [3.8, 4) is 0 Å². The fraction of sp³-hybridized carbons (Fsp3) is 0.962. The summed E-state index contributed by atoms with van der Waals surface area (Å²) in [6, 6.07) is 0. The average molecular weight is 435 g/mol. The molecule has 0 saturated heterocycles. The summed E-state index contributed by atoms with van der Waals surface area (Å²) in [4.78, 5) is 11.8. The molecule has 8 atom stereocenters. The van der Waals surface area contributed by atoms with E-state index in [0.29, 0.717) is 23.4 Å². The summed E-state index contributed by atoms with van der Waals surface area (Å²) in [7, 11) is -1.73. The van der Waals surface area contributed by atoms with Gasteiger partial charge in [0.2, 0.25) is 0 Å². The predicted molar refractivity (Wildman–Crippen MR) is 125 cm³/mol. The topological polar surface area (TPSA) is 46.5 Å². The lowest BCUT2D eigenvalue weighted by Crippen LogP contribution is -2.62. The average Bonchev–Trinajstić information content (AvgIpc) is 2.92. The van der Waals surface area contributed by atoms with Crippen LogP contribution in [0.25, 0.3) is 0 Å². The lowest BCUT2D eigenvalue weighted by atomic mass is 9.43. The lowest BCUT2D eigenvalue weighted by Gasteiger charge is -2.63. The van der Waals surface area contributed by atoms with Gasteiger partial charge in [0.25, 0.3) is 0 Å². The Labute approximate surface area is 185 Å². The molecular weight excluding hydrogens is 388 g/mol. The molecule has 4 aliphatic rings. The second-order valence-electron chi connectivity index (χ2n) is 13.4. The van der Waals surface area contributed by atoms with E-state index in [1.807, 2.05) is 0 Å². The van der Waals surface area contributed by atoms with Gasteiger partial charge in [0.1, 0.15) is 6.29 Å². The summed E-state index contributed by atoms with van der Waals surface area (Å²) in [5, 5.41) is 12.3. The SMILES string of the molecule is CC(C)(C)[Si](C)(C)O[C@H]1CC[C@@]2(C)[C@H](CC[C@@H]3[C@@H]2CC[C@]2(C)[C@@H](C=O)CC[C@]32O)C1. The van der Waals surface area contributed by atoms with Crippen LogP contribution in [0.4, 0.5) is 0 Å². The zero-order valence-electron chi connectivity index (χ0n) is 20.6. The third-order valence-electron chi connectivity index (χ3n) is 11.3. The molecule has 0 unspecified atom stereocenters. The number of carbonyl (C=O) groups excluding carboxylic acids is 1. The van der Waals surface area contributed by atoms with Crippen LogP contribution in [-0.4, -0.2) is 31.4 Å². The number of fused-ring (bicyclic) bond motifs is 5. The number of aliphatic hydroxyl groups is 1. The van der Waals surface area contributed by atoms with Crippen molar-refractivity contribution in [3.05, 3.63) is 0 Å². The van der Waals surface area contributed by atoms with Gasteiger partial charge < -0.3 is 14.3 Å². The minimum Gasteiger partial charge on any atom is -0.414 e. The van der Waals surface area contributed by atoms with Gasteiger partial charge in [0.05, 0.1) is 5.60 Å². The Morgan fingerprint density at radius 3 is 2.30 bits per heavy atom. The van der Waals surface area contributed by atoms with E-state index in [1.54, 1.807) is 0 Å². The zero-order chi connectivity index (χ0) is 22.2. The van der Waals surface area contributed by atoms with Crippen LogP contribution in [0, 0.1) is 34.5 Å². The molecule has 4 fully saturated rings. The second-order valence-corrected chi connectivity index (χ2v) is 18.2. The molecule has 3 nitrogen and oxygen atoms in total. The summed E-state index contributed by atoms with van der Waals surface area (Å²) in [5.41, 5.74) is -0.516. The Hall–Kier alpha value is -0.193. The number of rotatable bonds is 3. The molecule has 0 radical (unpaired) electrons. The van der Waals surface area contributed by atoms with Crippen LogP contribution in [0.1, 0.15) is 92.4 Å². The van der Waals surface area contributed by atoms with Gasteiger partial charge in [0.15, 0.2) is 8.32 Å². The maximum Gasteiger partial charge on any atom is 0.192 e. The van der Waals surface area contributed by atoms with E-state index in [9.17, 15) is 9.90 Å². The zero-order valence-corrected chi connectivity index (χ0v) is 21.6. The third kappa shape index (κ3) is 3.14. The molecule has 172 valence electrons. The van der Waals surface area contributed by atoms with Crippen molar-refractivity contribution in [2.45, 2.75) is 122 Å². The van der Waals surface area contributed by atoms with E-state index in [-0.39, 0.29) is 16.4 Å². The highest BCUT2D eigenvalue weighted by atomic mass is 28.4. The second kappa shape index (κ2) is 7.15. The fourth-order valence-corrected chi connectivity index (χ4v) is 9.55. The van der Waals surface area contributed by atoms with E-state index >= 15 is 0 Å². The Balaban J connectivity index is 1.52. The quantitative estimate of drug-likeness (QED) is 0.416. The summed E-state index contributed by atoms with van der Waals surface area (Å²) >= 11 is 0. The Morgan fingerprint density at radius 1 is 0.967 bits per heavy atom. The minimum atomic E-state index is -1.73. The van der Waals surface area contributed by atoms with E-state index in [2.05, 4.69) is 47.7 Å². The first-order chi connectivity index (χ1) is 13.8. The third-order valence-corrected chi connectivity index (χ3v) is 15.8. The van der Waals surface area contributed by atoms with Crippen LogP contribution in [0.3, 0.4) is 0 Å². The molecule has 0 aromatic heterocycles.